The van der Waals surface area contributed by atoms with Gasteiger partial charge in [0.1, 0.15) is 35.4 Å². The van der Waals surface area contributed by atoms with Gasteiger partial charge in [0.2, 0.25) is 5.91 Å². The van der Waals surface area contributed by atoms with E-state index in [2.05, 4.69) is 11.7 Å². The molecule has 2 aromatic carbocycles. The van der Waals surface area contributed by atoms with E-state index in [0.717, 1.165) is 39.7 Å². The highest BCUT2D eigenvalue weighted by atomic mass is 32.1. The highest BCUT2D eigenvalue weighted by Crippen LogP contribution is 2.47. The number of amides is 1. The number of benzene rings is 2. The van der Waals surface area contributed by atoms with Crippen molar-refractivity contribution < 1.29 is 23.4 Å². The number of pyridine rings is 1. The molecular formula is C32H26F2N6O3S. The summed E-state index contributed by atoms with van der Waals surface area (Å²) in [6.07, 6.45) is 3.21. The molecule has 12 heteroatoms. The number of aliphatic hydroxyl groups is 1. The number of carbonyl (C=O) groups is 1. The fraction of sp³-hybridized carbons (Fsp3) is 0.188. The van der Waals surface area contributed by atoms with Crippen molar-refractivity contribution >= 4 is 38.2 Å². The smallest absolute Gasteiger partial charge is 0.246 e. The number of thiophene rings is 1. The van der Waals surface area contributed by atoms with E-state index in [1.807, 2.05) is 53.6 Å². The maximum Gasteiger partial charge on any atom is 0.246 e. The second-order valence-corrected chi connectivity index (χ2v) is 11.4. The van der Waals surface area contributed by atoms with E-state index < -0.39 is 11.6 Å². The van der Waals surface area contributed by atoms with Gasteiger partial charge in [-0.15, -0.1) is 11.3 Å². The quantitative estimate of drug-likeness (QED) is 0.237. The zero-order valence-corrected chi connectivity index (χ0v) is 24.4. The fourth-order valence-corrected chi connectivity index (χ4v) is 6.67. The summed E-state index contributed by atoms with van der Waals surface area (Å²) >= 11 is 1.40. The lowest BCUT2D eigenvalue weighted by Gasteiger charge is -2.26. The lowest BCUT2D eigenvalue weighted by Crippen LogP contribution is -2.37. The van der Waals surface area contributed by atoms with Crippen molar-refractivity contribution in [2.45, 2.75) is 13.1 Å². The lowest BCUT2D eigenvalue weighted by molar-refractivity contribution is -0.127. The number of halogens is 2. The molecule has 1 aliphatic heterocycles. The van der Waals surface area contributed by atoms with E-state index in [1.165, 1.54) is 17.4 Å². The average Bonchev–Trinajstić information content (AvgIpc) is 3.75. The molecule has 1 N–H and O–H groups in total. The molecule has 44 heavy (non-hydrogen) atoms. The van der Waals surface area contributed by atoms with Gasteiger partial charge in [-0.1, -0.05) is 12.6 Å². The SMILES string of the molecule is C=CC(=O)N1CCn2nc(-c3nc(-c4ccc5nn(C)cc5c4)c4ccsc4c3-c3c(F)cc(F)cc3OCCO)cc2C1. The van der Waals surface area contributed by atoms with Crippen LogP contribution in [0.15, 0.2) is 66.7 Å². The van der Waals surface area contributed by atoms with E-state index in [-0.39, 0.29) is 30.4 Å². The Balaban J connectivity index is 1.50. The second-order valence-electron chi connectivity index (χ2n) is 10.5. The molecule has 0 spiro atoms. The minimum absolute atomic E-state index is 0.0264. The summed E-state index contributed by atoms with van der Waals surface area (Å²) < 4.78 is 40.3. The van der Waals surface area contributed by atoms with Crippen molar-refractivity contribution in [3.63, 3.8) is 0 Å². The molecule has 0 radical (unpaired) electrons. The number of aryl methyl sites for hydroxylation is 1. The van der Waals surface area contributed by atoms with Crippen molar-refractivity contribution in [1.82, 2.24) is 29.4 Å². The first kappa shape index (κ1) is 27.9. The minimum Gasteiger partial charge on any atom is -0.490 e. The third kappa shape index (κ3) is 4.72. The highest BCUT2D eigenvalue weighted by Gasteiger charge is 2.28. The van der Waals surface area contributed by atoms with Crippen LogP contribution in [0.3, 0.4) is 0 Å². The van der Waals surface area contributed by atoms with Gasteiger partial charge >= 0.3 is 0 Å². The predicted octanol–water partition coefficient (Wildman–Crippen LogP) is 5.56. The van der Waals surface area contributed by atoms with Gasteiger partial charge in [0.05, 0.1) is 42.2 Å². The fourth-order valence-electron chi connectivity index (χ4n) is 5.72. The van der Waals surface area contributed by atoms with Gasteiger partial charge in [-0.05, 0) is 35.7 Å². The molecule has 0 saturated heterocycles. The molecule has 0 aliphatic carbocycles. The Morgan fingerprint density at radius 1 is 1.11 bits per heavy atom. The van der Waals surface area contributed by atoms with Crippen molar-refractivity contribution in [2.24, 2.45) is 7.05 Å². The number of hydrogen-bond acceptors (Lipinski definition) is 7. The standard InChI is InChI=1S/C32H26F2N6O3S/c1-3-27(42)39-7-8-40-21(17-39)15-25(37-40)31-29(28-23(34)13-20(33)14-26(28)43-10-9-41)32-22(6-11-44-32)30(35-31)18-4-5-24-19(12-18)16-38(2)36-24/h3-6,11-16,41H,1,7-10,17H2,2H3. The molecule has 1 aliphatic rings. The third-order valence-electron chi connectivity index (χ3n) is 7.64. The molecule has 0 bridgehead atoms. The van der Waals surface area contributed by atoms with Crippen LogP contribution in [0.1, 0.15) is 5.69 Å². The number of fused-ring (bicyclic) bond motifs is 3. The molecule has 0 saturated carbocycles. The van der Waals surface area contributed by atoms with E-state index in [4.69, 9.17) is 14.8 Å². The first-order chi connectivity index (χ1) is 21.3. The summed E-state index contributed by atoms with van der Waals surface area (Å²) in [5.41, 5.74) is 4.41. The predicted molar refractivity (Wildman–Crippen MR) is 164 cm³/mol. The number of nitrogens with zero attached hydrogens (tertiary/aromatic N) is 6. The first-order valence-corrected chi connectivity index (χ1v) is 14.8. The molecular weight excluding hydrogens is 586 g/mol. The van der Waals surface area contributed by atoms with E-state index in [0.29, 0.717) is 47.0 Å². The summed E-state index contributed by atoms with van der Waals surface area (Å²) in [4.78, 5) is 19.2. The minimum atomic E-state index is -0.827. The molecule has 6 aromatic rings. The Hall–Kier alpha value is -4.94. The lowest BCUT2D eigenvalue weighted by atomic mass is 9.96. The van der Waals surface area contributed by atoms with Gasteiger partial charge in [0, 0.05) is 58.5 Å². The Morgan fingerprint density at radius 3 is 2.80 bits per heavy atom. The molecule has 0 atom stereocenters. The molecule has 222 valence electrons. The van der Waals surface area contributed by atoms with Crippen molar-refractivity contribution in [3.8, 4) is 39.5 Å². The van der Waals surface area contributed by atoms with Crippen LogP contribution in [-0.4, -0.2) is 60.2 Å². The van der Waals surface area contributed by atoms with Crippen LogP contribution in [0, 0.1) is 11.6 Å². The maximum absolute atomic E-state index is 15.9. The Bertz CT molecular complexity index is 2100. The maximum atomic E-state index is 15.9. The molecule has 4 aromatic heterocycles. The van der Waals surface area contributed by atoms with Crippen LogP contribution >= 0.6 is 11.3 Å². The third-order valence-corrected chi connectivity index (χ3v) is 8.58. The number of aliphatic hydroxyl groups excluding tert-OH is 1. The molecule has 1 amide bonds. The van der Waals surface area contributed by atoms with E-state index >= 15 is 4.39 Å². The van der Waals surface area contributed by atoms with Crippen molar-refractivity contribution in [2.75, 3.05) is 19.8 Å². The topological polar surface area (TPSA) is 98.3 Å². The average molecular weight is 613 g/mol. The molecule has 0 unspecified atom stereocenters. The van der Waals surface area contributed by atoms with Crippen LogP contribution in [0.5, 0.6) is 5.75 Å². The number of aromatic nitrogens is 5. The molecule has 7 rings (SSSR count). The molecule has 5 heterocycles. The van der Waals surface area contributed by atoms with Gasteiger partial charge in [-0.25, -0.2) is 13.8 Å². The van der Waals surface area contributed by atoms with Crippen LogP contribution in [0.4, 0.5) is 8.78 Å². The number of rotatable bonds is 7. The summed E-state index contributed by atoms with van der Waals surface area (Å²) in [5.74, 6) is -1.86. The van der Waals surface area contributed by atoms with Gasteiger partial charge in [0.15, 0.2) is 0 Å². The van der Waals surface area contributed by atoms with Crippen LogP contribution in [0.2, 0.25) is 0 Å². The van der Waals surface area contributed by atoms with Gasteiger partial charge in [-0.2, -0.15) is 10.2 Å². The van der Waals surface area contributed by atoms with Gasteiger partial charge in [0.25, 0.3) is 0 Å². The first-order valence-electron chi connectivity index (χ1n) is 13.9. The van der Waals surface area contributed by atoms with Gasteiger partial charge in [-0.3, -0.25) is 14.2 Å². The largest absolute Gasteiger partial charge is 0.490 e. The van der Waals surface area contributed by atoms with Crippen molar-refractivity contribution in [3.05, 3.63) is 84.0 Å². The summed E-state index contributed by atoms with van der Waals surface area (Å²) in [6.45, 7) is 4.37. The number of ether oxygens (including phenoxy) is 1. The normalized spacial score (nSPS) is 13.0. The monoisotopic (exact) mass is 612 g/mol. The Kier molecular flexibility index (Phi) is 6.94. The molecule has 0 fully saturated rings. The van der Waals surface area contributed by atoms with Crippen LogP contribution in [-0.2, 0) is 24.9 Å². The van der Waals surface area contributed by atoms with Crippen molar-refractivity contribution in [1.29, 1.82) is 0 Å². The zero-order valence-electron chi connectivity index (χ0n) is 23.6. The number of carbonyl (C=O) groups excluding carboxylic acids is 1. The number of hydrogen-bond donors (Lipinski definition) is 1. The summed E-state index contributed by atoms with van der Waals surface area (Å²) in [5, 5.41) is 22.4. The summed E-state index contributed by atoms with van der Waals surface area (Å²) in [7, 11) is 1.86. The Labute approximate surface area is 254 Å². The van der Waals surface area contributed by atoms with E-state index in [1.54, 1.807) is 9.58 Å². The van der Waals surface area contributed by atoms with Crippen LogP contribution in [0.25, 0.3) is 54.8 Å². The highest BCUT2D eigenvalue weighted by molar-refractivity contribution is 7.18. The van der Waals surface area contributed by atoms with E-state index in [9.17, 15) is 14.3 Å². The zero-order chi connectivity index (χ0) is 30.5. The molecule has 9 nitrogen and oxygen atoms in total. The summed E-state index contributed by atoms with van der Waals surface area (Å²) in [6, 6.07) is 11.6. The van der Waals surface area contributed by atoms with Gasteiger partial charge < -0.3 is 14.7 Å². The Morgan fingerprint density at radius 2 is 1.98 bits per heavy atom. The second kappa shape index (κ2) is 11.0. The van der Waals surface area contributed by atoms with Crippen LogP contribution < -0.4 is 4.74 Å².